The Kier molecular flexibility index (Phi) is 8.07. The molecular weight excluding hydrogens is 577 g/mol. The van der Waals surface area contributed by atoms with Crippen molar-refractivity contribution in [2.45, 2.75) is 54.1 Å². The van der Waals surface area contributed by atoms with E-state index in [2.05, 4.69) is 17.2 Å². The van der Waals surface area contributed by atoms with Crippen molar-refractivity contribution in [3.05, 3.63) is 54.1 Å². The molecule has 0 heterocycles. The summed E-state index contributed by atoms with van der Waals surface area (Å²) in [5.41, 5.74) is -3.20. The van der Waals surface area contributed by atoms with Gasteiger partial charge in [0.2, 0.25) is 5.91 Å². The molecule has 0 aliphatic heterocycles. The number of nitriles is 1. The lowest BCUT2D eigenvalue weighted by Gasteiger charge is -2.34. The third-order valence-electron chi connectivity index (χ3n) is 7.30. The van der Waals surface area contributed by atoms with Gasteiger partial charge < -0.3 is 5.32 Å². The maximum absolute atomic E-state index is 15.1. The number of nitrogens with one attached hydrogen (secondary N) is 1. The molecule has 12 heteroatoms. The van der Waals surface area contributed by atoms with Crippen LogP contribution in [0.15, 0.2) is 53.4 Å². The molecule has 2 aromatic rings. The van der Waals surface area contributed by atoms with Gasteiger partial charge >= 0.3 is 6.18 Å². The van der Waals surface area contributed by atoms with E-state index in [4.69, 9.17) is 0 Å². The molecule has 0 radical (unpaired) electrons. The molecule has 2 fully saturated rings. The van der Waals surface area contributed by atoms with Crippen LogP contribution in [0, 0.1) is 35.0 Å². The first kappa shape index (κ1) is 30.6. The van der Waals surface area contributed by atoms with E-state index in [0.717, 1.165) is 12.5 Å². The van der Waals surface area contributed by atoms with Crippen molar-refractivity contribution in [3.63, 3.8) is 0 Å². The molecule has 7 nitrogen and oxygen atoms in total. The number of rotatable bonds is 9. The maximum atomic E-state index is 15.1. The second-order valence-corrected chi connectivity index (χ2v) is 15.2. The van der Waals surface area contributed by atoms with Gasteiger partial charge in [0.15, 0.2) is 15.3 Å². The smallest absolute Gasteiger partial charge is 0.338 e. The molecule has 0 bridgehead atoms. The molecule has 0 saturated heterocycles. The van der Waals surface area contributed by atoms with Crippen LogP contribution >= 0.6 is 0 Å². The third kappa shape index (κ3) is 7.30. The minimum atomic E-state index is -4.98. The first-order chi connectivity index (χ1) is 19.0. The first-order valence-electron chi connectivity index (χ1n) is 12.9. The highest BCUT2D eigenvalue weighted by Crippen LogP contribution is 2.47. The second-order valence-electron chi connectivity index (χ2n) is 11.0. The lowest BCUT2D eigenvalue weighted by Crippen LogP contribution is -2.48. The highest BCUT2D eigenvalue weighted by molar-refractivity contribution is 7.91. The summed E-state index contributed by atoms with van der Waals surface area (Å²) in [6, 6.07) is 13.2. The highest BCUT2D eigenvalue weighted by atomic mass is 32.2. The van der Waals surface area contributed by atoms with Crippen molar-refractivity contribution in [2.75, 3.05) is 18.3 Å². The largest absolute Gasteiger partial charge is 0.409 e. The average Bonchev–Trinajstić information content (AvgIpc) is 3.81. The summed E-state index contributed by atoms with van der Waals surface area (Å²) < 4.78 is 93.3. The Balaban J connectivity index is 1.76. The monoisotopic (exact) mass is 606 g/mol. The van der Waals surface area contributed by atoms with E-state index >= 15 is 13.2 Å². The van der Waals surface area contributed by atoms with E-state index < -0.39 is 60.8 Å². The minimum Gasteiger partial charge on any atom is -0.338 e. The van der Waals surface area contributed by atoms with E-state index in [1.807, 2.05) is 6.07 Å². The van der Waals surface area contributed by atoms with Crippen LogP contribution in [0.2, 0.25) is 0 Å². The van der Waals surface area contributed by atoms with Crippen LogP contribution in [0.3, 0.4) is 0 Å². The Hall–Kier alpha value is -3.35. The standard InChI is InChI=1S/C29H29F3N2O5S2/c1-40(36,37)18-23(26(35)34-27(19-33)15-16-27)17-28(29(30,31)32,14-13-20-3-4-20)24-9-5-21(6-10-24)22-7-11-25(12-8-22)41(2,38)39/h5-12,20,23H,3-4,15-18H2,1-2H3,(H,34,35)/t23-,28-/m0/s1. The van der Waals surface area contributed by atoms with E-state index in [0.29, 0.717) is 36.8 Å². The Morgan fingerprint density at radius 2 is 1.54 bits per heavy atom. The average molecular weight is 607 g/mol. The molecule has 41 heavy (non-hydrogen) atoms. The number of hydrogen-bond donors (Lipinski definition) is 1. The van der Waals surface area contributed by atoms with Gasteiger partial charge in [0, 0.05) is 18.4 Å². The first-order valence-corrected chi connectivity index (χ1v) is 16.8. The summed E-state index contributed by atoms with van der Waals surface area (Å²) in [5.74, 6) is 1.51. The van der Waals surface area contributed by atoms with E-state index in [1.165, 1.54) is 36.4 Å². The van der Waals surface area contributed by atoms with Crippen LogP contribution < -0.4 is 5.32 Å². The Labute approximate surface area is 238 Å². The van der Waals surface area contributed by atoms with Crippen molar-refractivity contribution < 1.29 is 34.8 Å². The molecule has 0 unspecified atom stereocenters. The Bertz CT molecular complexity index is 1640. The van der Waals surface area contributed by atoms with E-state index in [-0.39, 0.29) is 16.4 Å². The number of alkyl halides is 3. The number of halogens is 3. The molecule has 1 N–H and O–H groups in total. The van der Waals surface area contributed by atoms with Gasteiger partial charge in [0.05, 0.1) is 22.6 Å². The fraction of sp³-hybridized carbons (Fsp3) is 0.448. The highest BCUT2D eigenvalue weighted by Gasteiger charge is 2.57. The minimum absolute atomic E-state index is 0.101. The zero-order valence-electron chi connectivity index (χ0n) is 22.5. The van der Waals surface area contributed by atoms with Gasteiger partial charge in [-0.3, -0.25) is 4.79 Å². The molecule has 1 amide bonds. The number of sulfone groups is 2. The molecule has 0 aromatic heterocycles. The molecule has 2 aliphatic rings. The van der Waals surface area contributed by atoms with Crippen molar-refractivity contribution in [3.8, 4) is 29.0 Å². The van der Waals surface area contributed by atoms with E-state index in [1.54, 1.807) is 12.1 Å². The molecule has 2 aliphatic carbocycles. The fourth-order valence-corrected chi connectivity index (χ4v) is 6.21. The van der Waals surface area contributed by atoms with Crippen molar-refractivity contribution >= 4 is 25.6 Å². The lowest BCUT2D eigenvalue weighted by molar-refractivity contribution is -0.178. The van der Waals surface area contributed by atoms with Gasteiger partial charge in [0.25, 0.3) is 0 Å². The Morgan fingerprint density at radius 1 is 1.00 bits per heavy atom. The zero-order chi connectivity index (χ0) is 30.3. The van der Waals surface area contributed by atoms with Crippen molar-refractivity contribution in [2.24, 2.45) is 11.8 Å². The van der Waals surface area contributed by atoms with Crippen LogP contribution in [0.25, 0.3) is 11.1 Å². The van der Waals surface area contributed by atoms with Gasteiger partial charge in [-0.2, -0.15) is 18.4 Å². The predicted octanol–water partition coefficient (Wildman–Crippen LogP) is 4.19. The SMILES string of the molecule is CS(=O)(=O)C[C@H](C[C@@](C#CC1CC1)(c1ccc(-c2ccc(S(C)(=O)=O)cc2)cc1)C(F)(F)F)C(=O)NC1(C#N)CC1. The summed E-state index contributed by atoms with van der Waals surface area (Å²) in [5, 5.41) is 11.8. The summed E-state index contributed by atoms with van der Waals surface area (Å²) >= 11 is 0. The number of nitrogens with zero attached hydrogens (tertiary/aromatic N) is 1. The van der Waals surface area contributed by atoms with Crippen LogP contribution in [0.5, 0.6) is 0 Å². The van der Waals surface area contributed by atoms with Gasteiger partial charge in [-0.25, -0.2) is 16.8 Å². The third-order valence-corrected chi connectivity index (χ3v) is 9.43. The number of hydrogen-bond acceptors (Lipinski definition) is 6. The number of amides is 1. The Morgan fingerprint density at radius 3 is 1.95 bits per heavy atom. The lowest BCUT2D eigenvalue weighted by atomic mass is 9.73. The number of benzene rings is 2. The quantitative estimate of drug-likeness (QED) is 0.428. The summed E-state index contributed by atoms with van der Waals surface area (Å²) in [6.07, 6.45) is -2.03. The van der Waals surface area contributed by atoms with Crippen molar-refractivity contribution in [1.29, 1.82) is 5.26 Å². The molecular formula is C29H29F3N2O5S2. The molecule has 218 valence electrons. The molecule has 0 spiro atoms. The van der Waals surface area contributed by atoms with Gasteiger partial charge in [0.1, 0.15) is 15.4 Å². The van der Waals surface area contributed by atoms with Crippen LogP contribution in [-0.4, -0.2) is 52.7 Å². The summed E-state index contributed by atoms with van der Waals surface area (Å²) in [4.78, 5) is 13.3. The molecule has 2 saturated carbocycles. The topological polar surface area (TPSA) is 121 Å². The molecule has 2 aromatic carbocycles. The maximum Gasteiger partial charge on any atom is 0.409 e. The number of carbonyl (C=O) groups excluding carboxylic acids is 1. The summed E-state index contributed by atoms with van der Waals surface area (Å²) in [7, 11) is -7.32. The molecule has 4 rings (SSSR count). The van der Waals surface area contributed by atoms with Crippen LogP contribution in [0.4, 0.5) is 13.2 Å². The normalized spacial score (nSPS) is 18.6. The van der Waals surface area contributed by atoms with Gasteiger partial charge in [-0.1, -0.05) is 48.2 Å². The second kappa shape index (κ2) is 10.8. The van der Waals surface area contributed by atoms with Crippen LogP contribution in [0.1, 0.15) is 37.7 Å². The van der Waals surface area contributed by atoms with E-state index in [9.17, 15) is 26.9 Å². The fourth-order valence-electron chi connectivity index (χ4n) is 4.58. The zero-order valence-corrected chi connectivity index (χ0v) is 24.1. The van der Waals surface area contributed by atoms with Crippen molar-refractivity contribution in [1.82, 2.24) is 5.32 Å². The number of carbonyl (C=O) groups is 1. The van der Waals surface area contributed by atoms with Gasteiger partial charge in [-0.05, 0) is 60.9 Å². The van der Waals surface area contributed by atoms with Gasteiger partial charge in [-0.15, -0.1) is 0 Å². The predicted molar refractivity (Wildman–Crippen MR) is 147 cm³/mol. The molecule has 2 atom stereocenters. The summed E-state index contributed by atoms with van der Waals surface area (Å²) in [6.45, 7) is 0. The van der Waals surface area contributed by atoms with Crippen LogP contribution in [-0.2, 0) is 29.9 Å².